The number of Topliss-reactive ketones (excluding diaryl/α,β-unsaturated/α-hetero) is 2. The number of hydrogen-bond acceptors (Lipinski definition) is 6. The SMILES string of the molecule is CC(C)(C)N[C@@]1(C(=O)C(C)(C)C)CCN(C(=O)OCCCCCCCCC[C@@](C)(NC(C)(C)C)C(=O)C(C)(C)C)C1. The van der Waals surface area contributed by atoms with E-state index in [0.29, 0.717) is 26.1 Å². The lowest BCUT2D eigenvalue weighted by Crippen LogP contribution is -2.63. The van der Waals surface area contributed by atoms with Crippen LogP contribution in [-0.2, 0) is 14.3 Å². The number of hydrogen-bond donors (Lipinski definition) is 2. The molecule has 1 aliphatic rings. The summed E-state index contributed by atoms with van der Waals surface area (Å²) in [6, 6.07) is 0. The summed E-state index contributed by atoms with van der Waals surface area (Å²) in [6.45, 7) is 27.7. The average molecular weight is 580 g/mol. The van der Waals surface area contributed by atoms with Crippen molar-refractivity contribution in [2.24, 2.45) is 10.8 Å². The molecule has 0 spiro atoms. The van der Waals surface area contributed by atoms with Gasteiger partial charge in [0.25, 0.3) is 0 Å². The lowest BCUT2D eigenvalue weighted by Gasteiger charge is -2.40. The summed E-state index contributed by atoms with van der Waals surface area (Å²) in [4.78, 5) is 41.1. The van der Waals surface area contributed by atoms with Crippen LogP contribution in [0.4, 0.5) is 4.79 Å². The molecule has 0 aromatic carbocycles. The van der Waals surface area contributed by atoms with Gasteiger partial charge >= 0.3 is 6.09 Å². The maximum Gasteiger partial charge on any atom is 0.409 e. The van der Waals surface area contributed by atoms with Crippen LogP contribution in [0.2, 0.25) is 0 Å². The third-order valence-electron chi connectivity index (χ3n) is 7.64. The van der Waals surface area contributed by atoms with Crippen molar-refractivity contribution in [2.45, 2.75) is 170 Å². The fourth-order valence-electron chi connectivity index (χ4n) is 6.35. The number of ketones is 2. The Hall–Kier alpha value is -1.47. The van der Waals surface area contributed by atoms with E-state index in [1.54, 1.807) is 4.90 Å². The van der Waals surface area contributed by atoms with Crippen molar-refractivity contribution in [1.29, 1.82) is 0 Å². The molecule has 0 radical (unpaired) electrons. The van der Waals surface area contributed by atoms with Gasteiger partial charge in [-0.2, -0.15) is 0 Å². The molecule has 0 aromatic rings. The van der Waals surface area contributed by atoms with Gasteiger partial charge in [0, 0.05) is 35.0 Å². The van der Waals surface area contributed by atoms with Crippen molar-refractivity contribution in [3.8, 4) is 0 Å². The Morgan fingerprint density at radius 1 is 0.707 bits per heavy atom. The van der Waals surface area contributed by atoms with Gasteiger partial charge in [0.2, 0.25) is 0 Å². The standard InChI is InChI=1S/C34H65N3O4/c1-29(2,3)26(38)33(13,35-31(7,8)9)21-19-17-15-14-16-18-20-24-41-28(40)37-23-22-34(25-37,36-32(10,11)12)27(39)30(4,5)6/h35-36H,14-25H2,1-13H3/t33-,34+/m1/s1. The highest BCUT2D eigenvalue weighted by Crippen LogP contribution is 2.33. The maximum absolute atomic E-state index is 13.4. The minimum atomic E-state index is -0.740. The Kier molecular flexibility index (Phi) is 13.1. The van der Waals surface area contributed by atoms with Gasteiger partial charge in [-0.25, -0.2) is 4.79 Å². The fraction of sp³-hybridized carbons (Fsp3) is 0.912. The molecule has 1 amide bonds. The lowest BCUT2D eigenvalue weighted by molar-refractivity contribution is -0.134. The summed E-state index contributed by atoms with van der Waals surface area (Å²) < 4.78 is 5.60. The van der Waals surface area contributed by atoms with Crippen LogP contribution >= 0.6 is 0 Å². The smallest absolute Gasteiger partial charge is 0.409 e. The molecule has 0 aromatic heterocycles. The van der Waals surface area contributed by atoms with E-state index in [0.717, 1.165) is 51.4 Å². The van der Waals surface area contributed by atoms with E-state index in [-0.39, 0.29) is 34.2 Å². The summed E-state index contributed by atoms with van der Waals surface area (Å²) in [5.74, 6) is 0.423. The van der Waals surface area contributed by atoms with Crippen LogP contribution in [0, 0.1) is 10.8 Å². The summed E-state index contributed by atoms with van der Waals surface area (Å²) in [7, 11) is 0. The van der Waals surface area contributed by atoms with Gasteiger partial charge in [-0.3, -0.25) is 14.9 Å². The van der Waals surface area contributed by atoms with Gasteiger partial charge in [0.1, 0.15) is 0 Å². The monoisotopic (exact) mass is 579 g/mol. The number of ether oxygens (including phenoxy) is 1. The Bertz CT molecular complexity index is 872. The van der Waals surface area contributed by atoms with Gasteiger partial charge in [0.05, 0.1) is 17.7 Å². The van der Waals surface area contributed by atoms with Crippen LogP contribution in [-0.4, -0.2) is 64.4 Å². The zero-order chi connectivity index (χ0) is 31.9. The van der Waals surface area contributed by atoms with Crippen LogP contribution < -0.4 is 10.6 Å². The first-order chi connectivity index (χ1) is 18.4. The molecule has 2 atom stereocenters. The van der Waals surface area contributed by atoms with Crippen LogP contribution in [0.5, 0.6) is 0 Å². The van der Waals surface area contributed by atoms with Crippen molar-refractivity contribution in [1.82, 2.24) is 15.5 Å². The molecule has 1 rings (SSSR count). The minimum Gasteiger partial charge on any atom is -0.449 e. The third kappa shape index (κ3) is 12.7. The van der Waals surface area contributed by atoms with Crippen molar-refractivity contribution >= 4 is 17.7 Å². The van der Waals surface area contributed by atoms with Crippen molar-refractivity contribution in [3.63, 3.8) is 0 Å². The molecule has 1 heterocycles. The largest absolute Gasteiger partial charge is 0.449 e. The normalized spacial score (nSPS) is 20.2. The first-order valence-electron chi connectivity index (χ1n) is 16.0. The number of unbranched alkanes of at least 4 members (excludes halogenated alkanes) is 6. The number of nitrogens with zero attached hydrogens (tertiary/aromatic N) is 1. The molecule has 7 nitrogen and oxygen atoms in total. The Morgan fingerprint density at radius 2 is 1.22 bits per heavy atom. The van der Waals surface area contributed by atoms with Gasteiger partial charge in [-0.1, -0.05) is 80.1 Å². The molecule has 7 heteroatoms. The summed E-state index contributed by atoms with van der Waals surface area (Å²) in [5.41, 5.74) is -2.49. The molecule has 0 bridgehead atoms. The number of carbonyl (C=O) groups is 3. The highest BCUT2D eigenvalue weighted by Gasteiger charge is 2.51. The molecule has 240 valence electrons. The highest BCUT2D eigenvalue weighted by atomic mass is 16.6. The topological polar surface area (TPSA) is 87.7 Å². The molecule has 41 heavy (non-hydrogen) atoms. The minimum absolute atomic E-state index is 0.121. The first-order valence-corrected chi connectivity index (χ1v) is 16.0. The van der Waals surface area contributed by atoms with Gasteiger partial charge < -0.3 is 15.0 Å². The molecular formula is C34H65N3O4. The van der Waals surface area contributed by atoms with Crippen LogP contribution in [0.3, 0.4) is 0 Å². The highest BCUT2D eigenvalue weighted by molar-refractivity contribution is 5.94. The first kappa shape index (κ1) is 37.6. The van der Waals surface area contributed by atoms with Gasteiger partial charge in [-0.15, -0.1) is 0 Å². The predicted molar refractivity (Wildman–Crippen MR) is 170 cm³/mol. The number of carbonyl (C=O) groups excluding carboxylic acids is 3. The molecular weight excluding hydrogens is 514 g/mol. The lowest BCUT2D eigenvalue weighted by atomic mass is 9.75. The maximum atomic E-state index is 13.4. The summed E-state index contributed by atoms with van der Waals surface area (Å²) >= 11 is 0. The van der Waals surface area contributed by atoms with Crippen molar-refractivity contribution in [3.05, 3.63) is 0 Å². The molecule has 0 saturated carbocycles. The molecule has 2 N–H and O–H groups in total. The zero-order valence-corrected chi connectivity index (χ0v) is 29.1. The van der Waals surface area contributed by atoms with Crippen molar-refractivity contribution in [2.75, 3.05) is 19.7 Å². The molecule has 1 aliphatic heterocycles. The van der Waals surface area contributed by atoms with E-state index in [2.05, 4.69) is 59.1 Å². The summed E-state index contributed by atoms with van der Waals surface area (Å²) in [6.07, 6.45) is 8.54. The van der Waals surface area contributed by atoms with Crippen LogP contribution in [0.1, 0.15) is 148 Å². The number of likely N-dealkylation sites (tertiary alicyclic amines) is 1. The Balaban J connectivity index is 2.39. The van der Waals surface area contributed by atoms with E-state index in [4.69, 9.17) is 4.74 Å². The molecule has 1 saturated heterocycles. The van der Waals surface area contributed by atoms with Crippen LogP contribution in [0.25, 0.3) is 0 Å². The van der Waals surface area contributed by atoms with E-state index in [1.807, 2.05) is 41.5 Å². The second-order valence-corrected chi connectivity index (χ2v) is 16.8. The second-order valence-electron chi connectivity index (χ2n) is 16.8. The van der Waals surface area contributed by atoms with E-state index in [1.165, 1.54) is 0 Å². The van der Waals surface area contributed by atoms with E-state index >= 15 is 0 Å². The quantitative estimate of drug-likeness (QED) is 0.208. The third-order valence-corrected chi connectivity index (χ3v) is 7.64. The molecule has 0 unspecified atom stereocenters. The molecule has 1 fully saturated rings. The van der Waals surface area contributed by atoms with E-state index in [9.17, 15) is 14.4 Å². The van der Waals surface area contributed by atoms with Crippen molar-refractivity contribution < 1.29 is 19.1 Å². The number of amides is 1. The number of rotatable bonds is 14. The molecule has 0 aliphatic carbocycles. The van der Waals surface area contributed by atoms with Gasteiger partial charge in [0.15, 0.2) is 11.6 Å². The second kappa shape index (κ2) is 14.3. The average Bonchev–Trinajstić information content (AvgIpc) is 3.20. The van der Waals surface area contributed by atoms with Gasteiger partial charge in [-0.05, 0) is 67.7 Å². The van der Waals surface area contributed by atoms with Crippen LogP contribution in [0.15, 0.2) is 0 Å². The Labute approximate surface area is 252 Å². The predicted octanol–water partition coefficient (Wildman–Crippen LogP) is 7.45. The zero-order valence-electron chi connectivity index (χ0n) is 29.1. The number of nitrogens with one attached hydrogen (secondary N) is 2. The Morgan fingerprint density at radius 3 is 1.68 bits per heavy atom. The fourth-order valence-corrected chi connectivity index (χ4v) is 6.35. The van der Waals surface area contributed by atoms with E-state index < -0.39 is 16.5 Å². The summed E-state index contributed by atoms with van der Waals surface area (Å²) in [5, 5.41) is 7.14.